The van der Waals surface area contributed by atoms with E-state index in [4.69, 9.17) is 4.74 Å². The van der Waals surface area contributed by atoms with Crippen LogP contribution in [0, 0.1) is 13.8 Å². The number of hydrogen-bond donors (Lipinski definition) is 0. The van der Waals surface area contributed by atoms with Gasteiger partial charge >= 0.3 is 5.97 Å². The Morgan fingerprint density at radius 1 is 1.60 bits per heavy atom. The van der Waals surface area contributed by atoms with Crippen LogP contribution in [0.5, 0.6) is 0 Å². The molecular formula is C10H11NO2S2. The molecule has 0 bridgehead atoms. The Morgan fingerprint density at radius 2 is 2.27 bits per heavy atom. The van der Waals surface area contributed by atoms with Crippen molar-refractivity contribution in [2.24, 2.45) is 4.99 Å². The zero-order valence-corrected chi connectivity index (χ0v) is 10.4. The normalized spacial score (nSPS) is 9.53. The molecule has 0 amide bonds. The van der Waals surface area contributed by atoms with Gasteiger partial charge in [0, 0.05) is 4.88 Å². The van der Waals surface area contributed by atoms with Gasteiger partial charge in [0.25, 0.3) is 0 Å². The smallest absolute Gasteiger partial charge is 0.341 e. The third-order valence-corrected chi connectivity index (χ3v) is 3.19. The lowest BCUT2D eigenvalue weighted by Gasteiger charge is -2.01. The average molecular weight is 241 g/mol. The molecule has 0 aliphatic heterocycles. The van der Waals surface area contributed by atoms with Crippen LogP contribution in [-0.4, -0.2) is 17.7 Å². The first kappa shape index (κ1) is 12.0. The monoisotopic (exact) mass is 241 g/mol. The van der Waals surface area contributed by atoms with E-state index in [1.165, 1.54) is 11.3 Å². The minimum Gasteiger partial charge on any atom is -0.462 e. The Morgan fingerprint density at radius 3 is 2.80 bits per heavy atom. The Bertz CT molecular complexity index is 431. The molecule has 1 rings (SSSR count). The highest BCUT2D eigenvalue weighted by Crippen LogP contribution is 2.34. The van der Waals surface area contributed by atoms with E-state index in [0.29, 0.717) is 17.2 Å². The topological polar surface area (TPSA) is 38.7 Å². The van der Waals surface area contributed by atoms with E-state index in [9.17, 15) is 4.79 Å². The van der Waals surface area contributed by atoms with Gasteiger partial charge < -0.3 is 4.74 Å². The molecule has 0 fully saturated rings. The molecular weight excluding hydrogens is 230 g/mol. The molecule has 3 nitrogen and oxygen atoms in total. The maximum Gasteiger partial charge on any atom is 0.341 e. The summed E-state index contributed by atoms with van der Waals surface area (Å²) in [6, 6.07) is 0. The van der Waals surface area contributed by atoms with Gasteiger partial charge in [0.2, 0.25) is 0 Å². The Labute approximate surface area is 97.8 Å². The fraction of sp³-hybridized carbons (Fsp3) is 0.400. The van der Waals surface area contributed by atoms with Crippen molar-refractivity contribution in [3.05, 3.63) is 16.0 Å². The quantitative estimate of drug-likeness (QED) is 0.463. The maximum absolute atomic E-state index is 11.6. The lowest BCUT2D eigenvalue weighted by molar-refractivity contribution is 0.0527. The second-order valence-corrected chi connectivity index (χ2v) is 4.27. The Kier molecular flexibility index (Phi) is 4.15. The summed E-state index contributed by atoms with van der Waals surface area (Å²) in [7, 11) is 0. The van der Waals surface area contributed by atoms with Crippen LogP contribution in [0.2, 0.25) is 0 Å². The van der Waals surface area contributed by atoms with Crippen molar-refractivity contribution in [3.8, 4) is 0 Å². The van der Waals surface area contributed by atoms with Crippen molar-refractivity contribution < 1.29 is 9.53 Å². The second-order valence-electron chi connectivity index (χ2n) is 2.89. The maximum atomic E-state index is 11.6. The van der Waals surface area contributed by atoms with Gasteiger partial charge in [-0.2, -0.15) is 4.99 Å². The van der Waals surface area contributed by atoms with Crippen molar-refractivity contribution in [3.63, 3.8) is 0 Å². The van der Waals surface area contributed by atoms with Crippen LogP contribution < -0.4 is 0 Å². The fourth-order valence-corrected chi connectivity index (χ4v) is 2.30. The van der Waals surface area contributed by atoms with E-state index < -0.39 is 0 Å². The number of isothiocyanates is 1. The summed E-state index contributed by atoms with van der Waals surface area (Å²) in [4.78, 5) is 16.6. The number of carbonyl (C=O) groups excluding carboxylic acids is 1. The van der Waals surface area contributed by atoms with Crippen LogP contribution in [0.15, 0.2) is 4.99 Å². The van der Waals surface area contributed by atoms with Crippen LogP contribution in [0.1, 0.15) is 27.7 Å². The molecule has 0 spiro atoms. The molecule has 0 atom stereocenters. The molecule has 0 aliphatic carbocycles. The number of nitrogens with zero attached hydrogens (tertiary/aromatic N) is 1. The zero-order chi connectivity index (χ0) is 11.4. The summed E-state index contributed by atoms with van der Waals surface area (Å²) in [5.41, 5.74) is 1.42. The van der Waals surface area contributed by atoms with Gasteiger partial charge in [-0.3, -0.25) is 0 Å². The number of aliphatic imine (C=N–C) groups is 1. The SMILES string of the molecule is CCOC(=O)c1c(N=C=S)sc(C)c1C. The molecule has 0 aliphatic rings. The molecule has 1 heterocycles. The number of thiocarbonyl (C=S) groups is 1. The highest BCUT2D eigenvalue weighted by molar-refractivity contribution is 7.78. The van der Waals surface area contributed by atoms with Crippen LogP contribution in [0.25, 0.3) is 0 Å². The number of hydrogen-bond acceptors (Lipinski definition) is 5. The summed E-state index contributed by atoms with van der Waals surface area (Å²) in [5, 5.41) is 2.85. The number of esters is 1. The molecule has 1 aromatic heterocycles. The molecule has 5 heteroatoms. The van der Waals surface area contributed by atoms with Gasteiger partial charge in [0.15, 0.2) is 0 Å². The van der Waals surface area contributed by atoms with Crippen molar-refractivity contribution in [2.75, 3.05) is 6.61 Å². The van der Waals surface area contributed by atoms with Crippen molar-refractivity contribution in [2.45, 2.75) is 20.8 Å². The molecule has 0 aromatic carbocycles. The van der Waals surface area contributed by atoms with E-state index >= 15 is 0 Å². The van der Waals surface area contributed by atoms with Gasteiger partial charge in [-0.1, -0.05) is 0 Å². The number of rotatable bonds is 3. The standard InChI is InChI=1S/C10H11NO2S2/c1-4-13-10(12)8-6(2)7(3)15-9(8)11-5-14/h4H2,1-3H3. The average Bonchev–Trinajstić information content (AvgIpc) is 2.44. The summed E-state index contributed by atoms with van der Waals surface area (Å²) >= 11 is 5.96. The first-order valence-corrected chi connectivity index (χ1v) is 5.69. The fourth-order valence-electron chi connectivity index (χ4n) is 1.17. The van der Waals surface area contributed by atoms with Crippen LogP contribution >= 0.6 is 23.6 Å². The summed E-state index contributed by atoms with van der Waals surface area (Å²) in [5.74, 6) is -0.344. The first-order valence-electron chi connectivity index (χ1n) is 4.46. The summed E-state index contributed by atoms with van der Waals surface area (Å²) in [6.07, 6.45) is 0. The number of ether oxygens (including phenoxy) is 1. The lowest BCUT2D eigenvalue weighted by atomic mass is 10.1. The van der Waals surface area contributed by atoms with Crippen LogP contribution in [0.4, 0.5) is 5.00 Å². The predicted octanol–water partition coefficient (Wildman–Crippen LogP) is 3.28. The number of aryl methyl sites for hydroxylation is 1. The second kappa shape index (κ2) is 5.16. The predicted molar refractivity (Wildman–Crippen MR) is 64.4 cm³/mol. The third kappa shape index (κ3) is 2.50. The van der Waals surface area contributed by atoms with Gasteiger partial charge in [0.1, 0.15) is 10.6 Å². The zero-order valence-electron chi connectivity index (χ0n) is 8.79. The van der Waals surface area contributed by atoms with Crippen molar-refractivity contribution in [1.82, 2.24) is 0 Å². The summed E-state index contributed by atoms with van der Waals surface area (Å²) in [6.45, 7) is 5.94. The molecule has 0 saturated heterocycles. The highest BCUT2D eigenvalue weighted by atomic mass is 32.1. The van der Waals surface area contributed by atoms with Gasteiger partial charge in [0.05, 0.1) is 11.8 Å². The molecule has 0 radical (unpaired) electrons. The first-order chi connectivity index (χ1) is 7.11. The molecule has 15 heavy (non-hydrogen) atoms. The minimum atomic E-state index is -0.344. The molecule has 0 unspecified atom stereocenters. The molecule has 0 N–H and O–H groups in total. The van der Waals surface area contributed by atoms with Gasteiger partial charge in [-0.15, -0.1) is 11.3 Å². The Hall–Kier alpha value is -1.03. The van der Waals surface area contributed by atoms with E-state index in [1.807, 2.05) is 13.8 Å². The number of thiophene rings is 1. The van der Waals surface area contributed by atoms with E-state index in [0.717, 1.165) is 10.4 Å². The van der Waals surface area contributed by atoms with Crippen molar-refractivity contribution >= 4 is 39.7 Å². The Balaban J connectivity index is 3.24. The summed E-state index contributed by atoms with van der Waals surface area (Å²) < 4.78 is 4.96. The van der Waals surface area contributed by atoms with Crippen LogP contribution in [0.3, 0.4) is 0 Å². The molecule has 0 saturated carbocycles. The molecule has 1 aromatic rings. The number of carbonyl (C=O) groups is 1. The molecule has 80 valence electrons. The minimum absolute atomic E-state index is 0.344. The third-order valence-electron chi connectivity index (χ3n) is 1.99. The largest absolute Gasteiger partial charge is 0.462 e. The van der Waals surface area contributed by atoms with Gasteiger partial charge in [-0.05, 0) is 38.6 Å². The van der Waals surface area contributed by atoms with E-state index in [-0.39, 0.29) is 5.97 Å². The van der Waals surface area contributed by atoms with Gasteiger partial charge in [-0.25, -0.2) is 4.79 Å². The van der Waals surface area contributed by atoms with E-state index in [2.05, 4.69) is 22.4 Å². The highest BCUT2D eigenvalue weighted by Gasteiger charge is 2.19. The van der Waals surface area contributed by atoms with Crippen LogP contribution in [-0.2, 0) is 4.74 Å². The van der Waals surface area contributed by atoms with E-state index in [1.54, 1.807) is 6.92 Å². The van der Waals surface area contributed by atoms with Crippen molar-refractivity contribution in [1.29, 1.82) is 0 Å². The lowest BCUT2D eigenvalue weighted by Crippen LogP contribution is -2.05.